The molecule has 0 aliphatic carbocycles. The lowest BCUT2D eigenvalue weighted by Gasteiger charge is -2.39. The number of piperidine rings is 1. The van der Waals surface area contributed by atoms with Crippen molar-refractivity contribution in [2.24, 2.45) is 0 Å². The predicted molar refractivity (Wildman–Crippen MR) is 71.6 cm³/mol. The number of nitrogen functional groups attached to an aromatic ring is 1. The van der Waals surface area contributed by atoms with E-state index in [1.165, 1.54) is 19.3 Å². The molecule has 0 spiro atoms. The van der Waals surface area contributed by atoms with E-state index in [4.69, 9.17) is 5.73 Å². The number of rotatable bonds is 2. The van der Waals surface area contributed by atoms with Gasteiger partial charge in [-0.3, -0.25) is 0 Å². The maximum atomic E-state index is 5.77. The van der Waals surface area contributed by atoms with Crippen LogP contribution in [-0.4, -0.2) is 22.1 Å². The summed E-state index contributed by atoms with van der Waals surface area (Å²) in [6.45, 7) is 6.45. The van der Waals surface area contributed by atoms with Crippen molar-refractivity contribution in [3.63, 3.8) is 0 Å². The molecule has 0 aromatic carbocycles. The average Bonchev–Trinajstić information content (AvgIpc) is 2.28. The van der Waals surface area contributed by atoms with Crippen molar-refractivity contribution in [1.29, 1.82) is 0 Å². The second-order valence-corrected chi connectivity index (χ2v) is 5.02. The Morgan fingerprint density at radius 2 is 1.94 bits per heavy atom. The molecule has 1 saturated heterocycles. The number of hydrazine groups is 1. The first-order chi connectivity index (χ1) is 8.08. The molecule has 1 aromatic heterocycles. The van der Waals surface area contributed by atoms with Crippen molar-refractivity contribution in [3.05, 3.63) is 17.8 Å². The monoisotopic (exact) mass is 234 g/mol. The van der Waals surface area contributed by atoms with Crippen LogP contribution in [0.5, 0.6) is 0 Å². The summed E-state index contributed by atoms with van der Waals surface area (Å²) in [6, 6.07) is 4.96. The van der Waals surface area contributed by atoms with Gasteiger partial charge in [0.1, 0.15) is 5.82 Å². The summed E-state index contributed by atoms with van der Waals surface area (Å²) in [5, 5.41) is 2.31. The lowest BCUT2D eigenvalue weighted by Crippen LogP contribution is -2.47. The van der Waals surface area contributed by atoms with Crippen LogP contribution in [0.2, 0.25) is 0 Å². The highest BCUT2D eigenvalue weighted by Gasteiger charge is 2.24. The lowest BCUT2D eigenvalue weighted by molar-refractivity contribution is 0.135. The maximum Gasteiger partial charge on any atom is 0.140 e. The molecule has 2 atom stereocenters. The van der Waals surface area contributed by atoms with Crippen LogP contribution in [-0.2, 0) is 0 Å². The second-order valence-electron chi connectivity index (χ2n) is 5.02. The van der Waals surface area contributed by atoms with Gasteiger partial charge in [-0.1, -0.05) is 6.42 Å². The minimum atomic E-state index is 0.554. The summed E-state index contributed by atoms with van der Waals surface area (Å²) < 4.78 is 0. The summed E-state index contributed by atoms with van der Waals surface area (Å²) in [5.74, 6) is 0.886. The minimum absolute atomic E-state index is 0.554. The quantitative estimate of drug-likeness (QED) is 0.825. The molecule has 4 nitrogen and oxygen atoms in total. The highest BCUT2D eigenvalue weighted by Crippen LogP contribution is 2.23. The van der Waals surface area contributed by atoms with E-state index in [-0.39, 0.29) is 0 Å². The fraction of sp³-hybridized carbons (Fsp3) is 0.615. The van der Waals surface area contributed by atoms with Crippen molar-refractivity contribution in [2.75, 3.05) is 11.2 Å². The number of aryl methyl sites for hydroxylation is 1. The van der Waals surface area contributed by atoms with E-state index in [1.54, 1.807) is 0 Å². The van der Waals surface area contributed by atoms with Crippen LogP contribution in [0.1, 0.15) is 38.8 Å². The summed E-state index contributed by atoms with van der Waals surface area (Å²) in [7, 11) is 0. The zero-order valence-corrected chi connectivity index (χ0v) is 10.9. The van der Waals surface area contributed by atoms with E-state index < -0.39 is 0 Å². The van der Waals surface area contributed by atoms with Crippen LogP contribution in [0, 0.1) is 6.92 Å². The van der Waals surface area contributed by atoms with Crippen LogP contribution in [0.15, 0.2) is 12.1 Å². The molecule has 0 radical (unpaired) electrons. The number of anilines is 2. The first kappa shape index (κ1) is 12.2. The topological polar surface area (TPSA) is 54.2 Å². The first-order valence-corrected chi connectivity index (χ1v) is 6.36. The van der Waals surface area contributed by atoms with E-state index in [0.717, 1.165) is 17.2 Å². The van der Waals surface area contributed by atoms with Crippen molar-refractivity contribution >= 4 is 11.5 Å². The second kappa shape index (κ2) is 4.92. The SMILES string of the molecule is Cc1nc(NN2C(C)CCCC2C)ccc1N. The Bertz CT molecular complexity index is 381. The number of hydrogen-bond acceptors (Lipinski definition) is 4. The van der Waals surface area contributed by atoms with Gasteiger partial charge in [0.2, 0.25) is 0 Å². The fourth-order valence-electron chi connectivity index (χ4n) is 2.41. The van der Waals surface area contributed by atoms with Gasteiger partial charge in [-0.05, 0) is 45.7 Å². The zero-order chi connectivity index (χ0) is 12.4. The van der Waals surface area contributed by atoms with Gasteiger partial charge in [-0.25, -0.2) is 9.99 Å². The van der Waals surface area contributed by atoms with Crippen molar-refractivity contribution in [1.82, 2.24) is 9.99 Å². The third-order valence-electron chi connectivity index (χ3n) is 3.56. The standard InChI is InChI=1S/C13H22N4/c1-9-5-4-6-10(2)17(9)16-13-8-7-12(14)11(3)15-13/h7-10H,4-6,14H2,1-3H3,(H,15,16). The molecule has 2 unspecified atom stereocenters. The molecule has 1 aliphatic rings. The molecule has 2 rings (SSSR count). The van der Waals surface area contributed by atoms with Gasteiger partial charge in [0.05, 0.1) is 11.4 Å². The molecule has 1 aliphatic heterocycles. The molecule has 3 N–H and O–H groups in total. The summed E-state index contributed by atoms with van der Waals surface area (Å²) >= 11 is 0. The Kier molecular flexibility index (Phi) is 3.52. The average molecular weight is 234 g/mol. The van der Waals surface area contributed by atoms with Crippen LogP contribution >= 0.6 is 0 Å². The molecule has 17 heavy (non-hydrogen) atoms. The molecule has 1 aromatic rings. The summed E-state index contributed by atoms with van der Waals surface area (Å²) in [5.41, 5.74) is 10.8. The summed E-state index contributed by atoms with van der Waals surface area (Å²) in [6.07, 6.45) is 3.80. The molecule has 1 fully saturated rings. The molecular weight excluding hydrogens is 212 g/mol. The van der Waals surface area contributed by atoms with Gasteiger partial charge in [0, 0.05) is 12.1 Å². The van der Waals surface area contributed by atoms with Gasteiger partial charge >= 0.3 is 0 Å². The fourth-order valence-corrected chi connectivity index (χ4v) is 2.41. The van der Waals surface area contributed by atoms with E-state index in [2.05, 4.69) is 29.3 Å². The predicted octanol–water partition coefficient (Wildman–Crippen LogP) is 2.56. The highest BCUT2D eigenvalue weighted by molar-refractivity contribution is 5.48. The Morgan fingerprint density at radius 3 is 2.53 bits per heavy atom. The number of hydrogen-bond donors (Lipinski definition) is 2. The van der Waals surface area contributed by atoms with E-state index in [1.807, 2.05) is 19.1 Å². The van der Waals surface area contributed by atoms with E-state index in [9.17, 15) is 0 Å². The van der Waals surface area contributed by atoms with Gasteiger partial charge in [-0.2, -0.15) is 0 Å². The Hall–Kier alpha value is -1.29. The van der Waals surface area contributed by atoms with E-state index in [0.29, 0.717) is 12.1 Å². The molecule has 2 heterocycles. The molecule has 0 bridgehead atoms. The van der Waals surface area contributed by atoms with Crippen LogP contribution in [0.25, 0.3) is 0 Å². The van der Waals surface area contributed by atoms with Crippen LogP contribution < -0.4 is 11.2 Å². The van der Waals surface area contributed by atoms with Crippen LogP contribution in [0.4, 0.5) is 11.5 Å². The third kappa shape index (κ3) is 2.69. The van der Waals surface area contributed by atoms with Gasteiger partial charge < -0.3 is 11.2 Å². The van der Waals surface area contributed by atoms with Crippen molar-refractivity contribution in [3.8, 4) is 0 Å². The van der Waals surface area contributed by atoms with Gasteiger partial charge in [-0.15, -0.1) is 0 Å². The molecule has 0 amide bonds. The number of pyridine rings is 1. The molecule has 0 saturated carbocycles. The van der Waals surface area contributed by atoms with Crippen molar-refractivity contribution in [2.45, 2.75) is 52.1 Å². The largest absolute Gasteiger partial charge is 0.397 e. The third-order valence-corrected chi connectivity index (χ3v) is 3.56. The normalized spacial score (nSPS) is 25.8. The van der Waals surface area contributed by atoms with Crippen molar-refractivity contribution < 1.29 is 0 Å². The number of aromatic nitrogens is 1. The molecule has 4 heteroatoms. The summed E-state index contributed by atoms with van der Waals surface area (Å²) in [4.78, 5) is 4.46. The number of nitrogens with zero attached hydrogens (tertiary/aromatic N) is 2. The van der Waals surface area contributed by atoms with Gasteiger partial charge in [0.25, 0.3) is 0 Å². The lowest BCUT2D eigenvalue weighted by atomic mass is 10.00. The first-order valence-electron chi connectivity index (χ1n) is 6.36. The Labute approximate surface area is 103 Å². The Morgan fingerprint density at radius 1 is 1.29 bits per heavy atom. The Balaban J connectivity index is 2.10. The smallest absolute Gasteiger partial charge is 0.140 e. The number of nitrogens with two attached hydrogens (primary N) is 1. The van der Waals surface area contributed by atoms with E-state index >= 15 is 0 Å². The van der Waals surface area contributed by atoms with Gasteiger partial charge in [0.15, 0.2) is 0 Å². The number of nitrogens with one attached hydrogen (secondary N) is 1. The molecule has 94 valence electrons. The zero-order valence-electron chi connectivity index (χ0n) is 10.9. The van der Waals surface area contributed by atoms with Crippen LogP contribution in [0.3, 0.4) is 0 Å². The maximum absolute atomic E-state index is 5.77. The minimum Gasteiger partial charge on any atom is -0.397 e. The molecular formula is C13H22N4. The highest BCUT2D eigenvalue weighted by atomic mass is 15.5.